The Morgan fingerprint density at radius 3 is 2.89 bits per heavy atom. The molecule has 144 valence electrons. The summed E-state index contributed by atoms with van der Waals surface area (Å²) >= 11 is 0. The number of piperazine rings is 1. The fourth-order valence-electron chi connectivity index (χ4n) is 3.29. The normalized spacial score (nSPS) is 17.5. The first kappa shape index (κ1) is 19.1. The Morgan fingerprint density at radius 2 is 2.19 bits per heavy atom. The molecular weight excluding hydrogens is 344 g/mol. The molecule has 0 saturated carbocycles. The number of benzene rings is 1. The molecule has 1 aromatic heterocycles. The Hall–Kier alpha value is -2.71. The van der Waals surface area contributed by atoms with Gasteiger partial charge in [0.15, 0.2) is 0 Å². The maximum absolute atomic E-state index is 12.6. The van der Waals surface area contributed by atoms with Crippen molar-refractivity contribution in [3.63, 3.8) is 0 Å². The van der Waals surface area contributed by atoms with E-state index in [1.54, 1.807) is 24.0 Å². The van der Waals surface area contributed by atoms with Crippen molar-refractivity contribution in [3.8, 4) is 0 Å². The van der Waals surface area contributed by atoms with E-state index in [1.165, 1.54) is 0 Å². The van der Waals surface area contributed by atoms with E-state index in [0.717, 1.165) is 36.6 Å². The van der Waals surface area contributed by atoms with Gasteiger partial charge in [-0.3, -0.25) is 19.2 Å². The number of nitrogens with one attached hydrogen (secondary N) is 3. The zero-order valence-electron chi connectivity index (χ0n) is 16.0. The maximum atomic E-state index is 12.6. The molecule has 1 atom stereocenters. The van der Waals surface area contributed by atoms with Gasteiger partial charge in [0.25, 0.3) is 5.91 Å². The molecule has 0 spiro atoms. The van der Waals surface area contributed by atoms with E-state index >= 15 is 0 Å². The zero-order valence-corrected chi connectivity index (χ0v) is 16.0. The van der Waals surface area contributed by atoms with Gasteiger partial charge >= 0.3 is 0 Å². The summed E-state index contributed by atoms with van der Waals surface area (Å²) in [5.74, 6) is -0.183. The second kappa shape index (κ2) is 8.32. The number of nitrogens with zero attached hydrogens (tertiary/aromatic N) is 3. The zero-order chi connectivity index (χ0) is 19.4. The third kappa shape index (κ3) is 4.35. The van der Waals surface area contributed by atoms with Crippen LogP contribution in [0.25, 0.3) is 0 Å². The topological polar surface area (TPSA) is 91.3 Å². The van der Waals surface area contributed by atoms with E-state index in [4.69, 9.17) is 0 Å². The van der Waals surface area contributed by atoms with Crippen molar-refractivity contribution in [3.05, 3.63) is 47.3 Å². The molecule has 8 heteroatoms. The summed E-state index contributed by atoms with van der Waals surface area (Å²) in [6.45, 7) is 4.51. The molecule has 3 N–H and O–H groups in total. The number of carbonyl (C=O) groups excluding carboxylic acids is 2. The van der Waals surface area contributed by atoms with Crippen LogP contribution in [0.1, 0.15) is 27.7 Å². The van der Waals surface area contributed by atoms with Crippen LogP contribution in [0.4, 0.5) is 5.69 Å². The number of aromatic nitrogens is 2. The molecule has 0 bridgehead atoms. The van der Waals surface area contributed by atoms with E-state index in [9.17, 15) is 9.59 Å². The summed E-state index contributed by atoms with van der Waals surface area (Å²) in [4.78, 5) is 26.6. The Labute approximate surface area is 158 Å². The molecule has 2 amide bonds. The molecule has 1 unspecified atom stereocenters. The van der Waals surface area contributed by atoms with Crippen LogP contribution in [0.2, 0.25) is 0 Å². The monoisotopic (exact) mass is 370 g/mol. The van der Waals surface area contributed by atoms with E-state index in [-0.39, 0.29) is 24.4 Å². The molecule has 27 heavy (non-hydrogen) atoms. The number of rotatable bonds is 5. The van der Waals surface area contributed by atoms with Crippen LogP contribution >= 0.6 is 0 Å². The SMILES string of the molecule is CNC(=O)c1cccc(C2CNCCN2CC(=O)Nc2cnn(C)c2C)c1. The predicted molar refractivity (Wildman–Crippen MR) is 104 cm³/mol. The Morgan fingerprint density at radius 1 is 1.37 bits per heavy atom. The van der Waals surface area contributed by atoms with Crippen molar-refractivity contribution < 1.29 is 9.59 Å². The lowest BCUT2D eigenvalue weighted by Crippen LogP contribution is -2.48. The van der Waals surface area contributed by atoms with Gasteiger partial charge in [-0.25, -0.2) is 0 Å². The number of hydrogen-bond acceptors (Lipinski definition) is 5. The quantitative estimate of drug-likeness (QED) is 0.720. The molecule has 1 fully saturated rings. The first-order valence-electron chi connectivity index (χ1n) is 9.05. The van der Waals surface area contributed by atoms with Crippen LogP contribution in [0.3, 0.4) is 0 Å². The minimum absolute atomic E-state index is 0.0316. The van der Waals surface area contributed by atoms with Gasteiger partial charge < -0.3 is 16.0 Å². The molecular formula is C19H26N6O2. The van der Waals surface area contributed by atoms with Gasteiger partial charge in [-0.15, -0.1) is 0 Å². The van der Waals surface area contributed by atoms with E-state index in [1.807, 2.05) is 32.2 Å². The minimum atomic E-state index is -0.114. The highest BCUT2D eigenvalue weighted by molar-refractivity contribution is 5.94. The van der Waals surface area contributed by atoms with Crippen LogP contribution in [0, 0.1) is 6.92 Å². The summed E-state index contributed by atoms with van der Waals surface area (Å²) < 4.78 is 1.73. The second-order valence-corrected chi connectivity index (χ2v) is 6.71. The Balaban J connectivity index is 1.73. The van der Waals surface area contributed by atoms with Crippen molar-refractivity contribution in [2.75, 3.05) is 38.5 Å². The molecule has 3 rings (SSSR count). The average molecular weight is 370 g/mol. The number of carbonyl (C=O) groups is 2. The molecule has 8 nitrogen and oxygen atoms in total. The molecule has 0 radical (unpaired) electrons. The molecule has 2 heterocycles. The van der Waals surface area contributed by atoms with Crippen molar-refractivity contribution in [1.82, 2.24) is 25.3 Å². The lowest BCUT2D eigenvalue weighted by molar-refractivity contribution is -0.118. The largest absolute Gasteiger partial charge is 0.355 e. The highest BCUT2D eigenvalue weighted by Gasteiger charge is 2.26. The molecule has 1 aliphatic rings. The molecule has 1 saturated heterocycles. The summed E-state index contributed by atoms with van der Waals surface area (Å²) in [6, 6.07) is 7.60. The van der Waals surface area contributed by atoms with Gasteiger partial charge in [0.1, 0.15) is 0 Å². The van der Waals surface area contributed by atoms with Gasteiger partial charge in [-0.2, -0.15) is 5.10 Å². The summed E-state index contributed by atoms with van der Waals surface area (Å²) in [5.41, 5.74) is 3.29. The van der Waals surface area contributed by atoms with Crippen LogP contribution in [-0.2, 0) is 11.8 Å². The average Bonchev–Trinajstić information content (AvgIpc) is 3.00. The Bertz CT molecular complexity index is 831. The van der Waals surface area contributed by atoms with Gasteiger partial charge in [0.05, 0.1) is 24.1 Å². The standard InChI is InChI=1S/C19H26N6O2/c1-13-16(10-22-24(13)3)23-18(26)12-25-8-7-21-11-17(25)14-5-4-6-15(9-14)19(27)20-2/h4-6,9-10,17,21H,7-8,11-12H2,1-3H3,(H,20,27)(H,23,26). The fourth-order valence-corrected chi connectivity index (χ4v) is 3.29. The van der Waals surface area contributed by atoms with Crippen LogP contribution in [0.5, 0.6) is 0 Å². The highest BCUT2D eigenvalue weighted by Crippen LogP contribution is 2.23. The van der Waals surface area contributed by atoms with Gasteiger partial charge in [0, 0.05) is 45.3 Å². The summed E-state index contributed by atoms with van der Waals surface area (Å²) in [7, 11) is 3.46. The third-order valence-corrected chi connectivity index (χ3v) is 4.97. The van der Waals surface area contributed by atoms with E-state index < -0.39 is 0 Å². The molecule has 1 aliphatic heterocycles. The van der Waals surface area contributed by atoms with Crippen LogP contribution in [0.15, 0.2) is 30.5 Å². The van der Waals surface area contributed by atoms with E-state index in [0.29, 0.717) is 5.56 Å². The van der Waals surface area contributed by atoms with Gasteiger partial charge in [-0.05, 0) is 24.6 Å². The smallest absolute Gasteiger partial charge is 0.251 e. The number of anilines is 1. The highest BCUT2D eigenvalue weighted by atomic mass is 16.2. The lowest BCUT2D eigenvalue weighted by Gasteiger charge is -2.36. The maximum Gasteiger partial charge on any atom is 0.251 e. The van der Waals surface area contributed by atoms with Crippen molar-refractivity contribution in [2.24, 2.45) is 7.05 Å². The number of hydrogen-bond donors (Lipinski definition) is 3. The third-order valence-electron chi connectivity index (χ3n) is 4.97. The minimum Gasteiger partial charge on any atom is -0.355 e. The number of amides is 2. The predicted octanol–water partition coefficient (Wildman–Crippen LogP) is 0.673. The molecule has 0 aliphatic carbocycles. The second-order valence-electron chi connectivity index (χ2n) is 6.71. The van der Waals surface area contributed by atoms with Crippen LogP contribution < -0.4 is 16.0 Å². The first-order chi connectivity index (χ1) is 13.0. The molecule has 2 aromatic rings. The first-order valence-corrected chi connectivity index (χ1v) is 9.05. The Kier molecular flexibility index (Phi) is 5.88. The summed E-state index contributed by atoms with van der Waals surface area (Å²) in [5, 5.41) is 13.1. The van der Waals surface area contributed by atoms with Gasteiger partial charge in [-0.1, -0.05) is 12.1 Å². The lowest BCUT2D eigenvalue weighted by atomic mass is 10.0. The van der Waals surface area contributed by atoms with Crippen molar-refractivity contribution in [1.29, 1.82) is 0 Å². The van der Waals surface area contributed by atoms with Crippen LogP contribution in [-0.4, -0.2) is 59.7 Å². The fraction of sp³-hybridized carbons (Fsp3) is 0.421. The number of aryl methyl sites for hydroxylation is 1. The van der Waals surface area contributed by atoms with Crippen molar-refractivity contribution >= 4 is 17.5 Å². The van der Waals surface area contributed by atoms with Gasteiger partial charge in [0.2, 0.25) is 5.91 Å². The molecule has 1 aromatic carbocycles. The summed E-state index contributed by atoms with van der Waals surface area (Å²) in [6.07, 6.45) is 1.66. The van der Waals surface area contributed by atoms with Crippen molar-refractivity contribution in [2.45, 2.75) is 13.0 Å². The van der Waals surface area contributed by atoms with E-state index in [2.05, 4.69) is 25.9 Å².